The van der Waals surface area contributed by atoms with Gasteiger partial charge in [0.25, 0.3) is 5.91 Å². The molecular formula is C71H89BClN15O6. The molecule has 0 saturated carbocycles. The molecule has 6 atom stereocenters. The first-order valence-corrected chi connectivity index (χ1v) is 32.7. The van der Waals surface area contributed by atoms with Gasteiger partial charge in [0.2, 0.25) is 0 Å². The molecule has 23 heteroatoms. The van der Waals surface area contributed by atoms with Crippen molar-refractivity contribution in [3.63, 3.8) is 0 Å². The molecule has 2 N–H and O–H groups in total. The second-order valence-electron chi connectivity index (χ2n) is 25.9. The van der Waals surface area contributed by atoms with Crippen molar-refractivity contribution in [2.75, 3.05) is 39.3 Å². The molecular weight excluding hydrogens is 1210 g/mol. The molecule has 0 radical (unpaired) electrons. The van der Waals surface area contributed by atoms with Crippen LogP contribution in [0.5, 0.6) is 0 Å². The minimum atomic E-state index is -0.534. The highest BCUT2D eigenvalue weighted by Crippen LogP contribution is 2.37. The molecule has 0 spiro atoms. The largest absolute Gasteiger partial charge is 0.498 e. The van der Waals surface area contributed by atoms with Crippen LogP contribution in [0, 0.1) is 22.7 Å². The highest BCUT2D eigenvalue weighted by Gasteiger charge is 2.52. The number of primary amides is 1. The second-order valence-corrected chi connectivity index (χ2v) is 26.3. The van der Waals surface area contributed by atoms with Gasteiger partial charge in [0.15, 0.2) is 0 Å². The number of hydrogen-bond donors (Lipinski definition) is 1. The first-order valence-electron chi connectivity index (χ1n) is 32.3. The van der Waals surface area contributed by atoms with Gasteiger partial charge in [-0.3, -0.25) is 33.5 Å². The molecule has 13 rings (SSSR count). The first kappa shape index (κ1) is 70.3. The van der Waals surface area contributed by atoms with Crippen LogP contribution >= 0.6 is 11.6 Å². The third kappa shape index (κ3) is 17.7. The Labute approximate surface area is 557 Å². The number of aromatic nitrogens is 9. The Bertz CT molecular complexity index is 4150. The molecule has 4 aliphatic rings. The number of carbonyl (C=O) groups excluding carboxylic acids is 1. The first-order chi connectivity index (χ1) is 44.8. The van der Waals surface area contributed by atoms with Crippen LogP contribution in [0.15, 0.2) is 110 Å². The van der Waals surface area contributed by atoms with Gasteiger partial charge in [-0.05, 0) is 133 Å². The molecule has 21 nitrogen and oxygen atoms in total. The van der Waals surface area contributed by atoms with Crippen molar-refractivity contribution in [3.8, 4) is 34.4 Å². The zero-order valence-electron chi connectivity index (χ0n) is 57.0. The fourth-order valence-corrected chi connectivity index (χ4v) is 12.7. The number of amides is 1. The maximum absolute atomic E-state index is 11.8. The van der Waals surface area contributed by atoms with Crippen molar-refractivity contribution < 1.29 is 28.3 Å². The van der Waals surface area contributed by atoms with E-state index in [0.29, 0.717) is 16.4 Å². The van der Waals surface area contributed by atoms with Crippen LogP contribution in [0.4, 0.5) is 0 Å². The molecule has 0 unspecified atom stereocenters. The minimum absolute atomic E-state index is 0.223. The Morgan fingerprint density at radius 3 is 1.28 bits per heavy atom. The van der Waals surface area contributed by atoms with Crippen LogP contribution < -0.4 is 11.2 Å². The number of nitrogens with two attached hydrogens (primary N) is 1. The van der Waals surface area contributed by atoms with E-state index in [1.807, 2.05) is 118 Å². The highest BCUT2D eigenvalue weighted by molar-refractivity contribution is 6.62. The Kier molecular flexibility index (Phi) is 22.9. The van der Waals surface area contributed by atoms with Crippen LogP contribution in [0.25, 0.3) is 55.0 Å². The fourth-order valence-electron chi connectivity index (χ4n) is 12.5. The molecule has 4 fully saturated rings. The molecule has 3 aromatic carbocycles. The van der Waals surface area contributed by atoms with Gasteiger partial charge in [-0.1, -0.05) is 61.8 Å². The minimum Gasteiger partial charge on any atom is -0.399 e. The monoisotopic (exact) mass is 1290 g/mol. The van der Waals surface area contributed by atoms with Gasteiger partial charge in [0.1, 0.15) is 29.2 Å². The van der Waals surface area contributed by atoms with E-state index in [1.165, 1.54) is 11.1 Å². The molecule has 6 aromatic heterocycles. The van der Waals surface area contributed by atoms with Crippen LogP contribution in [0.1, 0.15) is 122 Å². The number of carbonyl (C=O) groups is 1. The van der Waals surface area contributed by atoms with Gasteiger partial charge >= 0.3 is 7.12 Å². The van der Waals surface area contributed by atoms with Crippen molar-refractivity contribution in [1.29, 1.82) is 10.5 Å². The molecule has 4 aliphatic heterocycles. The third-order valence-electron chi connectivity index (χ3n) is 17.0. The van der Waals surface area contributed by atoms with E-state index in [4.69, 9.17) is 46.1 Å². The number of ether oxygens (including phenoxy) is 3. The topological polar surface area (TPSA) is 239 Å². The summed E-state index contributed by atoms with van der Waals surface area (Å²) in [5.74, 6) is -0.534. The van der Waals surface area contributed by atoms with Crippen molar-refractivity contribution in [3.05, 3.63) is 149 Å². The van der Waals surface area contributed by atoms with Crippen LogP contribution in [-0.4, -0.2) is 159 Å². The second kappa shape index (κ2) is 30.6. The fraction of sp³-hybridized carbons (Fsp3) is 0.451. The summed E-state index contributed by atoms with van der Waals surface area (Å²) in [4.78, 5) is 32.4. The summed E-state index contributed by atoms with van der Waals surface area (Å²) in [5.41, 5.74) is 16.7. The molecule has 9 aromatic rings. The molecule has 494 valence electrons. The Hall–Kier alpha value is -8.00. The van der Waals surface area contributed by atoms with Gasteiger partial charge in [-0.2, -0.15) is 25.8 Å². The van der Waals surface area contributed by atoms with E-state index < -0.39 is 5.91 Å². The van der Waals surface area contributed by atoms with Gasteiger partial charge < -0.3 is 29.3 Å². The molecule has 10 heterocycles. The summed E-state index contributed by atoms with van der Waals surface area (Å²) in [6.45, 7) is 32.8. The number of aryl methyl sites for hydroxylation is 3. The maximum atomic E-state index is 11.8. The van der Waals surface area contributed by atoms with Gasteiger partial charge in [0.05, 0.1) is 81.8 Å². The van der Waals surface area contributed by atoms with Crippen molar-refractivity contribution in [2.24, 2.45) is 26.9 Å². The molecule has 4 saturated heterocycles. The lowest BCUT2D eigenvalue weighted by molar-refractivity contribution is -0.0707. The summed E-state index contributed by atoms with van der Waals surface area (Å²) < 4.78 is 34.4. The predicted octanol–water partition coefficient (Wildman–Crippen LogP) is 10.6. The number of morpholine rings is 3. The Morgan fingerprint density at radius 2 is 0.904 bits per heavy atom. The number of fused-ring (bicyclic) bond motifs is 3. The number of hydrogen-bond acceptors (Lipinski definition) is 17. The van der Waals surface area contributed by atoms with Crippen molar-refractivity contribution in [2.45, 2.75) is 151 Å². The summed E-state index contributed by atoms with van der Waals surface area (Å²) in [6, 6.07) is 28.1. The average molecular weight is 1290 g/mol. The highest BCUT2D eigenvalue weighted by atomic mass is 35.5. The molecule has 1 amide bonds. The average Bonchev–Trinajstić information content (AvgIpc) is 1.44. The number of pyridine rings is 3. The summed E-state index contributed by atoms with van der Waals surface area (Å²) in [6.07, 6.45) is 12.6. The zero-order chi connectivity index (χ0) is 67.8. The molecule has 0 aliphatic carbocycles. The molecule has 94 heavy (non-hydrogen) atoms. The lowest BCUT2D eigenvalue weighted by Crippen LogP contribution is -2.44. The van der Waals surface area contributed by atoms with Gasteiger partial charge in [0, 0.05) is 138 Å². The van der Waals surface area contributed by atoms with Crippen LogP contribution in [0.3, 0.4) is 0 Å². The Balaban J connectivity index is 0.000000149. The van der Waals surface area contributed by atoms with E-state index in [0.717, 1.165) is 125 Å². The summed E-state index contributed by atoms with van der Waals surface area (Å²) in [7, 11) is 5.34. The number of rotatable bonds is 10. The van der Waals surface area contributed by atoms with Crippen molar-refractivity contribution in [1.82, 2.24) is 59.0 Å². The van der Waals surface area contributed by atoms with Crippen molar-refractivity contribution >= 4 is 62.8 Å². The van der Waals surface area contributed by atoms with Crippen LogP contribution in [-0.2, 0) is 64.3 Å². The number of halogens is 1. The summed E-state index contributed by atoms with van der Waals surface area (Å²) >= 11 is 6.21. The van der Waals surface area contributed by atoms with E-state index in [-0.39, 0.29) is 60.6 Å². The standard InChI is InChI=1S/C21H25N5O2.C21H23N5O.C17H18ClN3O.C10H17BN2O2.C2H6/c1-13-9-26(10-14(2)28-13)11-15-4-5-17-18(16-8-23-25(3)12-16)7-20(21(22)27)24-19(17)6-15;1-14-10-26(11-15(2)27-14)12-16-4-5-19-20(17-9-23-25(3)13-17)7-18(8-22)24-21(19)6-16;1-11-8-21(9-12(2)22-11)10-13-3-4-15-16(18)6-14(7-19)20-17(15)5-13;1-9(2)10(3,4)15-11(14-9)8-6-12-13(5)7-8;1-2/h4-8,12-14H,9-11H2,1-3H3,(H2,22,27);4-7,9,13-15H,10-12H2,1-3H3;3-6,11-12H,8-10H2,1-2H3;6-7H,1-5H3;1-2H3/t13-,14+;14-,15+;11-,12+;;. The van der Waals surface area contributed by atoms with E-state index in [9.17, 15) is 10.1 Å². The normalized spacial score (nSPS) is 21.1. The summed E-state index contributed by atoms with van der Waals surface area (Å²) in [5, 5.41) is 34.5. The lowest BCUT2D eigenvalue weighted by atomic mass is 9.82. The van der Waals surface area contributed by atoms with Gasteiger partial charge in [-0.25, -0.2) is 15.0 Å². The van der Waals surface area contributed by atoms with Gasteiger partial charge in [-0.15, -0.1) is 0 Å². The maximum Gasteiger partial charge on any atom is 0.498 e. The number of nitriles is 2. The smallest absolute Gasteiger partial charge is 0.399 e. The van der Waals surface area contributed by atoms with Crippen LogP contribution in [0.2, 0.25) is 5.02 Å². The van der Waals surface area contributed by atoms with E-state index in [1.54, 1.807) is 38.6 Å². The quantitative estimate of drug-likeness (QED) is 0.125. The number of nitrogens with zero attached hydrogens (tertiary/aromatic N) is 14. The third-order valence-corrected chi connectivity index (χ3v) is 17.4. The number of benzene rings is 3. The predicted molar refractivity (Wildman–Crippen MR) is 369 cm³/mol. The zero-order valence-corrected chi connectivity index (χ0v) is 57.7. The van der Waals surface area contributed by atoms with E-state index in [2.05, 4.69) is 129 Å². The molecule has 0 bridgehead atoms. The van der Waals surface area contributed by atoms with E-state index >= 15 is 0 Å². The SMILES string of the molecule is CC.C[C@@H]1CN(Cc2ccc3c(-c4cnn(C)c4)cc(C#N)nc3c2)C[C@H](C)O1.C[C@@H]1CN(Cc2ccc3c(-c4cnn(C)c4)cc(C(N)=O)nc3c2)C[C@H](C)O1.C[C@@H]1CN(Cc2ccc3c(Cl)cc(C#N)nc3c2)C[C@H](C)O1.Cn1cc(B2OC(C)(C)C(C)(C)O2)cn1. The lowest BCUT2D eigenvalue weighted by Gasteiger charge is -2.35. The Morgan fingerprint density at radius 1 is 0.543 bits per heavy atom.